The standard InChI is InChI=1S/3C9H8O.3ClH/c3*1-2-6-9-8(4-1)5-3-7-10-9;;;/h3*1-6H,7H2;3*1H. The Morgan fingerprint density at radius 2 is 0.667 bits per heavy atom. The van der Waals surface area contributed by atoms with Gasteiger partial charge in [-0.1, -0.05) is 72.8 Å². The van der Waals surface area contributed by atoms with Gasteiger partial charge in [-0.3, -0.25) is 0 Å². The highest BCUT2D eigenvalue weighted by Gasteiger charge is 2.02. The molecule has 0 radical (unpaired) electrons. The number of para-hydroxylation sites is 3. The van der Waals surface area contributed by atoms with Gasteiger partial charge in [0.15, 0.2) is 0 Å². The van der Waals surface area contributed by atoms with Gasteiger partial charge in [0, 0.05) is 16.7 Å². The van der Waals surface area contributed by atoms with Gasteiger partial charge in [0.25, 0.3) is 0 Å². The molecule has 0 aliphatic carbocycles. The first-order valence-corrected chi connectivity index (χ1v) is 10.1. The summed E-state index contributed by atoms with van der Waals surface area (Å²) < 4.78 is 16.0. The van der Waals surface area contributed by atoms with Gasteiger partial charge in [-0.15, -0.1) is 37.2 Å². The van der Waals surface area contributed by atoms with Crippen LogP contribution in [0.2, 0.25) is 0 Å². The van der Waals surface area contributed by atoms with E-state index in [-0.39, 0.29) is 37.2 Å². The van der Waals surface area contributed by atoms with Gasteiger partial charge in [-0.25, -0.2) is 0 Å². The maximum atomic E-state index is 5.34. The molecule has 0 amide bonds. The minimum atomic E-state index is 0. The van der Waals surface area contributed by atoms with E-state index >= 15 is 0 Å². The van der Waals surface area contributed by atoms with Crippen LogP contribution in [-0.4, -0.2) is 19.8 Å². The molecule has 3 heterocycles. The SMILES string of the molecule is C1=Cc2ccccc2OC1.C1=Cc2ccccc2OC1.C1=Cc2ccccc2OC1.Cl.Cl.Cl. The number of benzene rings is 3. The number of hydrogen-bond acceptors (Lipinski definition) is 3. The van der Waals surface area contributed by atoms with Crippen LogP contribution in [0.3, 0.4) is 0 Å². The molecule has 0 aromatic heterocycles. The van der Waals surface area contributed by atoms with Gasteiger partial charge in [0.05, 0.1) is 0 Å². The van der Waals surface area contributed by atoms with Crippen LogP contribution in [0.15, 0.2) is 91.0 Å². The van der Waals surface area contributed by atoms with Crippen molar-refractivity contribution in [3.8, 4) is 17.2 Å². The summed E-state index contributed by atoms with van der Waals surface area (Å²) in [4.78, 5) is 0. The lowest BCUT2D eigenvalue weighted by atomic mass is 10.1. The van der Waals surface area contributed by atoms with Crippen molar-refractivity contribution in [2.75, 3.05) is 19.8 Å². The van der Waals surface area contributed by atoms with Gasteiger partial charge in [-0.05, 0) is 36.4 Å². The second-order valence-corrected chi connectivity index (χ2v) is 6.75. The van der Waals surface area contributed by atoms with Crippen molar-refractivity contribution in [2.24, 2.45) is 0 Å². The van der Waals surface area contributed by atoms with Crippen LogP contribution in [0.5, 0.6) is 17.2 Å². The lowest BCUT2D eigenvalue weighted by molar-refractivity contribution is 0.358. The molecule has 0 atom stereocenters. The first kappa shape index (κ1) is 28.2. The highest BCUT2D eigenvalue weighted by atomic mass is 35.5. The quantitative estimate of drug-likeness (QED) is 0.316. The third kappa shape index (κ3) is 8.21. The van der Waals surface area contributed by atoms with Gasteiger partial charge in [-0.2, -0.15) is 0 Å². The van der Waals surface area contributed by atoms with Crippen molar-refractivity contribution in [1.29, 1.82) is 0 Å². The van der Waals surface area contributed by atoms with Crippen LogP contribution in [0, 0.1) is 0 Å². The molecule has 0 saturated carbocycles. The highest BCUT2D eigenvalue weighted by Crippen LogP contribution is 2.23. The van der Waals surface area contributed by atoms with E-state index in [4.69, 9.17) is 14.2 Å². The second-order valence-electron chi connectivity index (χ2n) is 6.75. The van der Waals surface area contributed by atoms with Crippen molar-refractivity contribution in [1.82, 2.24) is 0 Å². The summed E-state index contributed by atoms with van der Waals surface area (Å²) in [5.74, 6) is 2.97. The Morgan fingerprint density at radius 1 is 0.394 bits per heavy atom. The molecule has 0 N–H and O–H groups in total. The summed E-state index contributed by atoms with van der Waals surface area (Å²) in [5.41, 5.74) is 3.52. The normalized spacial score (nSPS) is 12.7. The lowest BCUT2D eigenvalue weighted by Crippen LogP contribution is -1.98. The van der Waals surface area contributed by atoms with Crippen LogP contribution in [0.1, 0.15) is 16.7 Å². The largest absolute Gasteiger partial charge is 0.489 e. The van der Waals surface area contributed by atoms with E-state index < -0.39 is 0 Å². The van der Waals surface area contributed by atoms with Crippen LogP contribution in [0.4, 0.5) is 0 Å². The monoisotopic (exact) mass is 504 g/mol. The van der Waals surface area contributed by atoms with E-state index in [0.717, 1.165) is 17.2 Å². The smallest absolute Gasteiger partial charge is 0.126 e. The minimum absolute atomic E-state index is 0. The van der Waals surface area contributed by atoms with Gasteiger partial charge in [0.2, 0.25) is 0 Å². The maximum Gasteiger partial charge on any atom is 0.126 e. The first-order valence-electron chi connectivity index (χ1n) is 10.1. The van der Waals surface area contributed by atoms with E-state index in [9.17, 15) is 0 Å². The molecule has 3 aliphatic rings. The van der Waals surface area contributed by atoms with Crippen molar-refractivity contribution in [3.63, 3.8) is 0 Å². The molecule has 3 aliphatic heterocycles. The molecular formula is C27H27Cl3O3. The molecule has 0 spiro atoms. The molecule has 6 heteroatoms. The maximum absolute atomic E-state index is 5.34. The molecule has 0 saturated heterocycles. The molecule has 0 unspecified atom stereocenters. The number of rotatable bonds is 0. The van der Waals surface area contributed by atoms with Crippen LogP contribution >= 0.6 is 37.2 Å². The molecule has 33 heavy (non-hydrogen) atoms. The topological polar surface area (TPSA) is 27.7 Å². The molecule has 6 rings (SSSR count). The van der Waals surface area contributed by atoms with Crippen molar-refractivity contribution < 1.29 is 14.2 Å². The van der Waals surface area contributed by atoms with Gasteiger partial charge in [0.1, 0.15) is 37.1 Å². The third-order valence-electron chi connectivity index (χ3n) is 4.65. The molecule has 3 nitrogen and oxygen atoms in total. The average molecular weight is 506 g/mol. The Kier molecular flexibility index (Phi) is 12.9. The molecule has 174 valence electrons. The number of ether oxygens (including phenoxy) is 3. The van der Waals surface area contributed by atoms with E-state index in [1.54, 1.807) is 0 Å². The van der Waals surface area contributed by atoms with E-state index in [1.165, 1.54) is 16.7 Å². The Labute approximate surface area is 214 Å². The van der Waals surface area contributed by atoms with Crippen LogP contribution in [-0.2, 0) is 0 Å². The molecule has 3 aromatic carbocycles. The summed E-state index contributed by atoms with van der Waals surface area (Å²) in [6, 6.07) is 24.1. The molecule has 3 aromatic rings. The Hall–Kier alpha value is -2.85. The summed E-state index contributed by atoms with van der Waals surface area (Å²) in [6.07, 6.45) is 12.3. The first-order chi connectivity index (χ1) is 14.9. The summed E-state index contributed by atoms with van der Waals surface area (Å²) in [7, 11) is 0. The Bertz CT molecular complexity index is 941. The third-order valence-corrected chi connectivity index (χ3v) is 4.65. The second kappa shape index (κ2) is 15.1. The van der Waals surface area contributed by atoms with E-state index in [1.807, 2.05) is 91.0 Å². The molecule has 0 bridgehead atoms. The fraction of sp³-hybridized carbons (Fsp3) is 0.111. The highest BCUT2D eigenvalue weighted by molar-refractivity contribution is 5.86. The Morgan fingerprint density at radius 3 is 0.939 bits per heavy atom. The average Bonchev–Trinajstić information content (AvgIpc) is 2.85. The molecule has 0 fully saturated rings. The van der Waals surface area contributed by atoms with Crippen molar-refractivity contribution in [2.45, 2.75) is 0 Å². The lowest BCUT2D eigenvalue weighted by Gasteiger charge is -2.10. The summed E-state index contributed by atoms with van der Waals surface area (Å²) >= 11 is 0. The summed E-state index contributed by atoms with van der Waals surface area (Å²) in [5, 5.41) is 0. The predicted molar refractivity (Wildman–Crippen MR) is 145 cm³/mol. The fourth-order valence-corrected chi connectivity index (χ4v) is 3.19. The van der Waals surface area contributed by atoms with Crippen LogP contribution in [0.25, 0.3) is 18.2 Å². The van der Waals surface area contributed by atoms with Crippen molar-refractivity contribution >= 4 is 55.4 Å². The van der Waals surface area contributed by atoms with Gasteiger partial charge >= 0.3 is 0 Å². The van der Waals surface area contributed by atoms with E-state index in [0.29, 0.717) is 19.8 Å². The zero-order valence-electron chi connectivity index (χ0n) is 18.0. The number of halogens is 3. The Balaban J connectivity index is 0.000000237. The van der Waals surface area contributed by atoms with Crippen LogP contribution < -0.4 is 14.2 Å². The summed E-state index contributed by atoms with van der Waals surface area (Å²) in [6.45, 7) is 2.12. The van der Waals surface area contributed by atoms with E-state index in [2.05, 4.69) is 18.2 Å². The van der Waals surface area contributed by atoms with Crippen molar-refractivity contribution in [3.05, 3.63) is 108 Å². The predicted octanol–water partition coefficient (Wildman–Crippen LogP) is 7.54. The number of hydrogen-bond donors (Lipinski definition) is 0. The van der Waals surface area contributed by atoms with Gasteiger partial charge < -0.3 is 14.2 Å². The number of fused-ring (bicyclic) bond motifs is 3. The minimum Gasteiger partial charge on any atom is -0.489 e. The fourth-order valence-electron chi connectivity index (χ4n) is 3.19. The zero-order valence-corrected chi connectivity index (χ0v) is 20.4. The molecular weight excluding hydrogens is 479 g/mol. The zero-order chi connectivity index (χ0) is 20.4.